The average molecular weight is 499 g/mol. The number of methoxy groups -OCH3 is 3. The summed E-state index contributed by atoms with van der Waals surface area (Å²) in [6, 6.07) is 3.56. The Labute approximate surface area is 171 Å². The smallest absolute Gasteiger partial charge is 0.203 e. The molecule has 2 rings (SSSR count). The van der Waals surface area contributed by atoms with Crippen molar-refractivity contribution in [1.82, 2.24) is 10.6 Å². The van der Waals surface area contributed by atoms with Crippen molar-refractivity contribution in [2.45, 2.75) is 19.0 Å². The van der Waals surface area contributed by atoms with Gasteiger partial charge < -0.3 is 24.8 Å². The highest BCUT2D eigenvalue weighted by atomic mass is 127. The molecule has 1 fully saturated rings. The highest BCUT2D eigenvalue weighted by molar-refractivity contribution is 14.0. The first-order valence-electron chi connectivity index (χ1n) is 7.89. The van der Waals surface area contributed by atoms with Gasteiger partial charge in [-0.1, -0.05) is 0 Å². The number of hydrogen-bond donors (Lipinski definition) is 2. The van der Waals surface area contributed by atoms with Crippen LogP contribution >= 0.6 is 24.0 Å². The van der Waals surface area contributed by atoms with Gasteiger partial charge in [0.1, 0.15) is 0 Å². The number of halogens is 1. The summed E-state index contributed by atoms with van der Waals surface area (Å²) in [5.41, 5.74) is 0.863. The molecule has 1 aliphatic heterocycles. The zero-order valence-corrected chi connectivity index (χ0v) is 18.5. The summed E-state index contributed by atoms with van der Waals surface area (Å²) in [6.45, 7) is 0.433. The first-order valence-corrected chi connectivity index (χ1v) is 9.71. The summed E-state index contributed by atoms with van der Waals surface area (Å²) in [4.78, 5) is 4.15. The predicted octanol–water partition coefficient (Wildman–Crippen LogP) is 1.18. The molecule has 0 saturated carbocycles. The summed E-state index contributed by atoms with van der Waals surface area (Å²) in [5.74, 6) is 2.57. The predicted molar refractivity (Wildman–Crippen MR) is 112 cm³/mol. The number of aliphatic imine (C=N–C) groups is 1. The number of nitrogens with zero attached hydrogens (tertiary/aromatic N) is 1. The van der Waals surface area contributed by atoms with Crippen LogP contribution in [0.15, 0.2) is 17.1 Å². The zero-order valence-electron chi connectivity index (χ0n) is 15.4. The Morgan fingerprint density at radius 3 is 2.38 bits per heavy atom. The van der Waals surface area contributed by atoms with Crippen molar-refractivity contribution in [1.29, 1.82) is 0 Å². The minimum absolute atomic E-state index is 0. The van der Waals surface area contributed by atoms with E-state index in [1.807, 2.05) is 6.07 Å². The lowest BCUT2D eigenvalue weighted by Gasteiger charge is -2.19. The second-order valence-corrected chi connectivity index (χ2v) is 7.89. The molecular formula is C16H26IN3O5S. The van der Waals surface area contributed by atoms with Gasteiger partial charge in [-0.25, -0.2) is 8.42 Å². The van der Waals surface area contributed by atoms with E-state index in [1.54, 1.807) is 34.4 Å². The molecule has 0 aliphatic carbocycles. The Kier molecular flexibility index (Phi) is 8.74. The van der Waals surface area contributed by atoms with Gasteiger partial charge in [0, 0.05) is 25.2 Å². The van der Waals surface area contributed by atoms with E-state index in [4.69, 9.17) is 14.2 Å². The van der Waals surface area contributed by atoms with Crippen molar-refractivity contribution in [3.63, 3.8) is 0 Å². The lowest BCUT2D eigenvalue weighted by Crippen LogP contribution is -2.43. The van der Waals surface area contributed by atoms with Gasteiger partial charge in [-0.2, -0.15) is 0 Å². The van der Waals surface area contributed by atoms with Crippen LogP contribution in [0.3, 0.4) is 0 Å². The number of guanidine groups is 1. The molecule has 1 aliphatic rings. The third-order valence-electron chi connectivity index (χ3n) is 4.03. The highest BCUT2D eigenvalue weighted by Gasteiger charge is 2.28. The second kappa shape index (κ2) is 10.0. The van der Waals surface area contributed by atoms with Crippen LogP contribution in [0.1, 0.15) is 12.0 Å². The maximum atomic E-state index is 11.6. The third-order valence-corrected chi connectivity index (χ3v) is 5.80. The van der Waals surface area contributed by atoms with Gasteiger partial charge in [0.2, 0.25) is 5.75 Å². The van der Waals surface area contributed by atoms with Crippen LogP contribution < -0.4 is 24.8 Å². The SMILES string of the molecule is CN=C(NCc1ccc(OC)c(OC)c1OC)NC1CCS(=O)(=O)C1.I. The quantitative estimate of drug-likeness (QED) is 0.345. The van der Waals surface area contributed by atoms with E-state index in [0.29, 0.717) is 36.2 Å². The third kappa shape index (κ3) is 5.53. The van der Waals surface area contributed by atoms with Crippen molar-refractivity contribution < 1.29 is 22.6 Å². The van der Waals surface area contributed by atoms with E-state index in [9.17, 15) is 8.42 Å². The fraction of sp³-hybridized carbons (Fsp3) is 0.562. The molecule has 10 heteroatoms. The zero-order chi connectivity index (χ0) is 18.4. The van der Waals surface area contributed by atoms with Crippen LogP contribution in [-0.4, -0.2) is 60.3 Å². The van der Waals surface area contributed by atoms with Crippen LogP contribution in [0.5, 0.6) is 17.2 Å². The molecule has 1 aromatic rings. The molecule has 0 aromatic heterocycles. The summed E-state index contributed by atoms with van der Waals surface area (Å²) >= 11 is 0. The number of ether oxygens (including phenoxy) is 3. The fourth-order valence-corrected chi connectivity index (χ4v) is 4.45. The van der Waals surface area contributed by atoms with Crippen LogP contribution in [0, 0.1) is 0 Å². The van der Waals surface area contributed by atoms with Crippen molar-refractivity contribution in [3.05, 3.63) is 17.7 Å². The Bertz CT molecular complexity index is 740. The molecule has 0 amide bonds. The Hall–Kier alpha value is -1.43. The summed E-state index contributed by atoms with van der Waals surface area (Å²) in [7, 11) is 3.39. The van der Waals surface area contributed by atoms with Gasteiger partial charge in [-0.15, -0.1) is 24.0 Å². The average Bonchev–Trinajstić information content (AvgIpc) is 2.95. The van der Waals surface area contributed by atoms with Crippen molar-refractivity contribution >= 4 is 39.8 Å². The van der Waals surface area contributed by atoms with Gasteiger partial charge in [0.25, 0.3) is 0 Å². The fourth-order valence-electron chi connectivity index (χ4n) is 2.78. The van der Waals surface area contributed by atoms with E-state index in [1.165, 1.54) is 0 Å². The van der Waals surface area contributed by atoms with Crippen molar-refractivity contribution in [2.75, 3.05) is 39.9 Å². The molecule has 0 radical (unpaired) electrons. The van der Waals surface area contributed by atoms with E-state index in [2.05, 4.69) is 15.6 Å². The van der Waals surface area contributed by atoms with E-state index >= 15 is 0 Å². The van der Waals surface area contributed by atoms with Crippen molar-refractivity contribution in [2.24, 2.45) is 4.99 Å². The summed E-state index contributed by atoms with van der Waals surface area (Å²) < 4.78 is 39.2. The first kappa shape index (κ1) is 22.6. The van der Waals surface area contributed by atoms with Gasteiger partial charge >= 0.3 is 0 Å². The normalized spacial score (nSPS) is 18.6. The Balaban J connectivity index is 0.00000338. The molecule has 1 heterocycles. The largest absolute Gasteiger partial charge is 0.493 e. The molecule has 0 bridgehead atoms. The number of benzene rings is 1. The van der Waals surface area contributed by atoms with E-state index in [0.717, 1.165) is 5.56 Å². The van der Waals surface area contributed by atoms with Crippen LogP contribution in [0.25, 0.3) is 0 Å². The van der Waals surface area contributed by atoms with Gasteiger partial charge in [0.15, 0.2) is 27.3 Å². The lowest BCUT2D eigenvalue weighted by molar-refractivity contribution is 0.322. The minimum Gasteiger partial charge on any atom is -0.493 e. The van der Waals surface area contributed by atoms with E-state index < -0.39 is 9.84 Å². The van der Waals surface area contributed by atoms with E-state index in [-0.39, 0.29) is 41.5 Å². The van der Waals surface area contributed by atoms with Gasteiger partial charge in [0.05, 0.1) is 32.8 Å². The molecule has 1 atom stereocenters. The topological polar surface area (TPSA) is 98.2 Å². The maximum Gasteiger partial charge on any atom is 0.203 e. The molecule has 8 nitrogen and oxygen atoms in total. The lowest BCUT2D eigenvalue weighted by atomic mass is 10.1. The number of rotatable bonds is 6. The number of sulfone groups is 1. The molecule has 1 saturated heterocycles. The molecule has 1 unspecified atom stereocenters. The van der Waals surface area contributed by atoms with Crippen molar-refractivity contribution in [3.8, 4) is 17.2 Å². The second-order valence-electron chi connectivity index (χ2n) is 5.66. The summed E-state index contributed by atoms with van der Waals surface area (Å²) in [6.07, 6.45) is 0.586. The molecule has 0 spiro atoms. The Morgan fingerprint density at radius 2 is 1.88 bits per heavy atom. The standard InChI is InChI=1S/C16H25N3O5S.HI/c1-17-16(19-12-7-8-25(20,21)10-12)18-9-11-5-6-13(22-2)15(24-4)14(11)23-3;/h5-6,12H,7-10H2,1-4H3,(H2,17,18,19);1H. The van der Waals surface area contributed by atoms with Gasteiger partial charge in [-0.3, -0.25) is 4.99 Å². The van der Waals surface area contributed by atoms with Crippen LogP contribution in [0.4, 0.5) is 0 Å². The molecular weight excluding hydrogens is 473 g/mol. The molecule has 148 valence electrons. The first-order chi connectivity index (χ1) is 11.9. The van der Waals surface area contributed by atoms with Crippen LogP contribution in [-0.2, 0) is 16.4 Å². The van der Waals surface area contributed by atoms with Gasteiger partial charge in [-0.05, 0) is 18.6 Å². The summed E-state index contributed by atoms with van der Waals surface area (Å²) in [5, 5.41) is 6.31. The maximum absolute atomic E-state index is 11.6. The minimum atomic E-state index is -2.94. The van der Waals surface area contributed by atoms with Crippen LogP contribution in [0.2, 0.25) is 0 Å². The number of nitrogens with one attached hydrogen (secondary N) is 2. The molecule has 26 heavy (non-hydrogen) atoms. The molecule has 1 aromatic carbocycles. The highest BCUT2D eigenvalue weighted by Crippen LogP contribution is 2.39. The Morgan fingerprint density at radius 1 is 1.19 bits per heavy atom. The molecule has 2 N–H and O–H groups in total. The monoisotopic (exact) mass is 499 g/mol. The number of hydrogen-bond acceptors (Lipinski definition) is 6.